The largest absolute Gasteiger partial charge is 0.243 e. The lowest BCUT2D eigenvalue weighted by atomic mass is 9.94. The summed E-state index contributed by atoms with van der Waals surface area (Å²) in [6, 6.07) is 8.21. The Kier molecular flexibility index (Phi) is 3.93. The average Bonchev–Trinajstić information content (AvgIpc) is 2.41. The average molecular weight is 278 g/mol. The Labute approximate surface area is 114 Å². The van der Waals surface area contributed by atoms with Crippen molar-refractivity contribution in [1.29, 1.82) is 5.26 Å². The molecule has 1 heterocycles. The predicted molar refractivity (Wildman–Crippen MR) is 72.9 cm³/mol. The highest BCUT2D eigenvalue weighted by molar-refractivity contribution is 7.89. The lowest BCUT2D eigenvalue weighted by Crippen LogP contribution is -2.45. The zero-order valence-corrected chi connectivity index (χ0v) is 12.0. The van der Waals surface area contributed by atoms with Crippen LogP contribution in [0, 0.1) is 17.2 Å². The first-order chi connectivity index (χ1) is 8.96. The maximum Gasteiger partial charge on any atom is 0.243 e. The summed E-state index contributed by atoms with van der Waals surface area (Å²) in [6.07, 6.45) is 1.95. The van der Waals surface area contributed by atoms with Crippen molar-refractivity contribution >= 4 is 10.0 Å². The van der Waals surface area contributed by atoms with Gasteiger partial charge in [0.15, 0.2) is 0 Å². The van der Waals surface area contributed by atoms with E-state index >= 15 is 0 Å². The van der Waals surface area contributed by atoms with Crippen molar-refractivity contribution in [3.8, 4) is 6.07 Å². The summed E-state index contributed by atoms with van der Waals surface area (Å²) in [5, 5.41) is 8.87. The van der Waals surface area contributed by atoms with E-state index in [0.29, 0.717) is 18.0 Å². The van der Waals surface area contributed by atoms with Crippen LogP contribution in [0.4, 0.5) is 0 Å². The second kappa shape index (κ2) is 5.32. The van der Waals surface area contributed by atoms with Crippen molar-refractivity contribution in [1.82, 2.24) is 4.31 Å². The third-order valence-electron chi connectivity index (χ3n) is 3.89. The molecular formula is C14H18N2O2S. The Morgan fingerprint density at radius 2 is 2.11 bits per heavy atom. The van der Waals surface area contributed by atoms with Crippen LogP contribution in [-0.2, 0) is 10.0 Å². The van der Waals surface area contributed by atoms with E-state index in [1.807, 2.05) is 13.0 Å². The molecule has 0 radical (unpaired) electrons. The van der Waals surface area contributed by atoms with Crippen molar-refractivity contribution in [3.05, 3.63) is 29.8 Å². The molecule has 19 heavy (non-hydrogen) atoms. The van der Waals surface area contributed by atoms with Gasteiger partial charge in [-0.2, -0.15) is 9.57 Å². The van der Waals surface area contributed by atoms with Crippen LogP contribution in [0.15, 0.2) is 29.2 Å². The number of hydrogen-bond acceptors (Lipinski definition) is 3. The molecule has 0 aliphatic carbocycles. The highest BCUT2D eigenvalue weighted by Gasteiger charge is 2.34. The minimum absolute atomic E-state index is 0.00416. The molecule has 1 aromatic rings. The van der Waals surface area contributed by atoms with E-state index in [0.717, 1.165) is 12.8 Å². The number of nitrogens with zero attached hydrogens (tertiary/aromatic N) is 2. The molecule has 0 N–H and O–H groups in total. The van der Waals surface area contributed by atoms with E-state index in [1.54, 1.807) is 22.5 Å². The van der Waals surface area contributed by atoms with Gasteiger partial charge in [0, 0.05) is 12.6 Å². The van der Waals surface area contributed by atoms with Crippen LogP contribution in [0.5, 0.6) is 0 Å². The van der Waals surface area contributed by atoms with Gasteiger partial charge in [-0.05, 0) is 43.9 Å². The quantitative estimate of drug-likeness (QED) is 0.834. The highest BCUT2D eigenvalue weighted by atomic mass is 32.2. The Morgan fingerprint density at radius 1 is 1.37 bits per heavy atom. The zero-order valence-electron chi connectivity index (χ0n) is 11.2. The van der Waals surface area contributed by atoms with Crippen LogP contribution in [0.3, 0.4) is 0 Å². The van der Waals surface area contributed by atoms with E-state index in [2.05, 4.69) is 6.92 Å². The van der Waals surface area contributed by atoms with Gasteiger partial charge >= 0.3 is 0 Å². The second-order valence-electron chi connectivity index (χ2n) is 5.12. The fraction of sp³-hybridized carbons (Fsp3) is 0.500. The Hall–Kier alpha value is -1.38. The van der Waals surface area contributed by atoms with E-state index in [-0.39, 0.29) is 10.9 Å². The van der Waals surface area contributed by atoms with Gasteiger partial charge in [0.2, 0.25) is 10.0 Å². The van der Waals surface area contributed by atoms with Gasteiger partial charge in [0.1, 0.15) is 0 Å². The van der Waals surface area contributed by atoms with Crippen LogP contribution >= 0.6 is 0 Å². The third-order valence-corrected chi connectivity index (χ3v) is 5.87. The second-order valence-corrected chi connectivity index (χ2v) is 7.01. The van der Waals surface area contributed by atoms with Crippen LogP contribution in [-0.4, -0.2) is 25.3 Å². The molecule has 1 aliphatic rings. The van der Waals surface area contributed by atoms with Crippen molar-refractivity contribution in [3.63, 3.8) is 0 Å². The summed E-state index contributed by atoms with van der Waals surface area (Å²) in [7, 11) is -3.49. The smallest absolute Gasteiger partial charge is 0.207 e. The highest BCUT2D eigenvalue weighted by Crippen LogP contribution is 2.28. The molecule has 0 amide bonds. The standard InChI is InChI=1S/C14H18N2O2S/c1-11-5-4-8-16(12(11)2)19(17,18)14-7-3-6-13(9-14)10-15/h3,6-7,9,11-12H,4-5,8H2,1-2H3. The molecule has 4 nitrogen and oxygen atoms in total. The van der Waals surface area contributed by atoms with Gasteiger partial charge in [-0.15, -0.1) is 0 Å². The molecule has 5 heteroatoms. The molecule has 0 aromatic heterocycles. The van der Waals surface area contributed by atoms with E-state index in [4.69, 9.17) is 5.26 Å². The van der Waals surface area contributed by atoms with Gasteiger partial charge < -0.3 is 0 Å². The molecule has 1 fully saturated rings. The van der Waals surface area contributed by atoms with Crippen molar-refractivity contribution in [2.24, 2.45) is 5.92 Å². The number of piperidine rings is 1. The number of sulfonamides is 1. The number of nitriles is 1. The Balaban J connectivity index is 2.39. The van der Waals surface area contributed by atoms with Crippen molar-refractivity contribution in [2.45, 2.75) is 37.6 Å². The van der Waals surface area contributed by atoms with Crippen LogP contribution in [0.2, 0.25) is 0 Å². The molecule has 2 unspecified atom stereocenters. The Bertz CT molecular complexity index is 604. The van der Waals surface area contributed by atoms with E-state index in [1.165, 1.54) is 6.07 Å². The van der Waals surface area contributed by atoms with Crippen LogP contribution in [0.25, 0.3) is 0 Å². The SMILES string of the molecule is CC1CCCN(S(=O)(=O)c2cccc(C#N)c2)C1C. The predicted octanol–water partition coefficient (Wildman–Crippen LogP) is 2.37. The zero-order chi connectivity index (χ0) is 14.0. The monoisotopic (exact) mass is 278 g/mol. The maximum absolute atomic E-state index is 12.6. The summed E-state index contributed by atoms with van der Waals surface area (Å²) in [6.45, 7) is 4.60. The molecule has 1 aliphatic heterocycles. The maximum atomic E-state index is 12.6. The summed E-state index contributed by atoms with van der Waals surface area (Å²) in [5.41, 5.74) is 0.374. The number of benzene rings is 1. The number of hydrogen-bond donors (Lipinski definition) is 0. The summed E-state index contributed by atoms with van der Waals surface area (Å²) in [5.74, 6) is 0.364. The van der Waals surface area contributed by atoms with Gasteiger partial charge in [-0.3, -0.25) is 0 Å². The molecular weight excluding hydrogens is 260 g/mol. The van der Waals surface area contributed by atoms with Crippen LogP contribution < -0.4 is 0 Å². The molecule has 1 saturated heterocycles. The first kappa shape index (κ1) is 14.0. The lowest BCUT2D eigenvalue weighted by molar-refractivity contribution is 0.202. The Morgan fingerprint density at radius 3 is 2.79 bits per heavy atom. The molecule has 0 saturated carbocycles. The minimum Gasteiger partial charge on any atom is -0.207 e. The van der Waals surface area contributed by atoms with Gasteiger partial charge in [0.25, 0.3) is 0 Å². The fourth-order valence-corrected chi connectivity index (χ4v) is 4.31. The van der Waals surface area contributed by atoms with Gasteiger partial charge in [0.05, 0.1) is 16.5 Å². The van der Waals surface area contributed by atoms with Crippen LogP contribution in [0.1, 0.15) is 32.3 Å². The first-order valence-electron chi connectivity index (χ1n) is 6.49. The molecule has 2 rings (SSSR count). The number of rotatable bonds is 2. The normalized spacial score (nSPS) is 24.9. The summed E-state index contributed by atoms with van der Waals surface area (Å²) in [4.78, 5) is 0.215. The van der Waals surface area contributed by atoms with E-state index < -0.39 is 10.0 Å². The summed E-state index contributed by atoms with van der Waals surface area (Å²) >= 11 is 0. The van der Waals surface area contributed by atoms with Crippen molar-refractivity contribution in [2.75, 3.05) is 6.54 Å². The first-order valence-corrected chi connectivity index (χ1v) is 7.93. The molecule has 0 spiro atoms. The summed E-state index contributed by atoms with van der Waals surface area (Å²) < 4.78 is 26.8. The lowest BCUT2D eigenvalue weighted by Gasteiger charge is -2.36. The van der Waals surface area contributed by atoms with Crippen molar-refractivity contribution < 1.29 is 8.42 Å². The molecule has 1 aromatic carbocycles. The topological polar surface area (TPSA) is 61.2 Å². The minimum atomic E-state index is -3.49. The molecule has 0 bridgehead atoms. The molecule has 2 atom stereocenters. The fourth-order valence-electron chi connectivity index (χ4n) is 2.50. The van der Waals surface area contributed by atoms with Gasteiger partial charge in [-0.1, -0.05) is 13.0 Å². The molecule has 102 valence electrons. The van der Waals surface area contributed by atoms with Gasteiger partial charge in [-0.25, -0.2) is 8.42 Å². The van der Waals surface area contributed by atoms with E-state index in [9.17, 15) is 8.42 Å². The third kappa shape index (κ3) is 2.65.